The highest BCUT2D eigenvalue weighted by molar-refractivity contribution is 5.83. The van der Waals surface area contributed by atoms with Crippen molar-refractivity contribution in [3.63, 3.8) is 0 Å². The predicted octanol–water partition coefficient (Wildman–Crippen LogP) is 2.14. The van der Waals surface area contributed by atoms with E-state index < -0.39 is 23.5 Å². The number of amides is 2. The molecule has 2 unspecified atom stereocenters. The molecule has 0 radical (unpaired) electrons. The molecule has 0 heterocycles. The van der Waals surface area contributed by atoms with Crippen LogP contribution in [0.1, 0.15) is 40.0 Å². The zero-order chi connectivity index (χ0) is 14.5. The highest BCUT2D eigenvalue weighted by atomic mass is 16.4. The van der Waals surface area contributed by atoms with Gasteiger partial charge in [0, 0.05) is 6.54 Å². The van der Waals surface area contributed by atoms with E-state index in [1.54, 1.807) is 20.8 Å². The van der Waals surface area contributed by atoms with E-state index in [9.17, 15) is 9.59 Å². The molecule has 3 N–H and O–H groups in total. The highest BCUT2D eigenvalue weighted by Gasteiger charge is 2.32. The van der Waals surface area contributed by atoms with Crippen molar-refractivity contribution in [2.24, 2.45) is 11.3 Å². The number of carbonyl (C=O) groups is 2. The second-order valence-electron chi connectivity index (χ2n) is 6.14. The van der Waals surface area contributed by atoms with Crippen molar-refractivity contribution in [3.8, 4) is 0 Å². The molecule has 0 saturated carbocycles. The quantitative estimate of drug-likeness (QED) is 0.683. The average molecular weight is 268 g/mol. The SMILES string of the molecule is CC(C)(C)C(NC(=O)NCC1CC=CCC1)C(=O)O. The molecule has 1 rings (SSSR count). The van der Waals surface area contributed by atoms with Gasteiger partial charge in [-0.2, -0.15) is 0 Å². The molecule has 0 aromatic heterocycles. The van der Waals surface area contributed by atoms with Gasteiger partial charge in [0.05, 0.1) is 0 Å². The molecule has 1 aliphatic rings. The molecule has 0 bridgehead atoms. The number of allylic oxidation sites excluding steroid dienone is 2. The molecule has 0 aliphatic heterocycles. The van der Waals surface area contributed by atoms with Crippen LogP contribution in [0.2, 0.25) is 0 Å². The maximum Gasteiger partial charge on any atom is 0.326 e. The molecule has 19 heavy (non-hydrogen) atoms. The van der Waals surface area contributed by atoms with Crippen molar-refractivity contribution in [1.29, 1.82) is 0 Å². The fourth-order valence-electron chi connectivity index (χ4n) is 2.11. The minimum atomic E-state index is -1.01. The van der Waals surface area contributed by atoms with Gasteiger partial charge in [-0.1, -0.05) is 32.9 Å². The molecular weight excluding hydrogens is 244 g/mol. The minimum absolute atomic E-state index is 0.406. The Balaban J connectivity index is 2.40. The van der Waals surface area contributed by atoms with Crippen LogP contribution in [-0.2, 0) is 4.79 Å². The molecule has 5 heteroatoms. The average Bonchev–Trinajstić information content (AvgIpc) is 2.33. The van der Waals surface area contributed by atoms with Crippen LogP contribution in [0, 0.1) is 11.3 Å². The number of hydrogen-bond acceptors (Lipinski definition) is 2. The third kappa shape index (κ3) is 5.32. The summed E-state index contributed by atoms with van der Waals surface area (Å²) in [5.41, 5.74) is -0.517. The molecule has 2 amide bonds. The Labute approximate surface area is 114 Å². The van der Waals surface area contributed by atoms with Crippen molar-refractivity contribution in [2.45, 2.75) is 46.1 Å². The Morgan fingerprint density at radius 1 is 1.37 bits per heavy atom. The Bertz CT molecular complexity index is 358. The fourth-order valence-corrected chi connectivity index (χ4v) is 2.11. The first kappa shape index (κ1) is 15.5. The summed E-state index contributed by atoms with van der Waals surface area (Å²) >= 11 is 0. The number of carbonyl (C=O) groups excluding carboxylic acids is 1. The third-order valence-corrected chi connectivity index (χ3v) is 3.32. The lowest BCUT2D eigenvalue weighted by molar-refractivity contribution is -0.141. The molecule has 5 nitrogen and oxygen atoms in total. The Hall–Kier alpha value is -1.52. The molecule has 0 aromatic rings. The van der Waals surface area contributed by atoms with E-state index in [0.717, 1.165) is 19.3 Å². The topological polar surface area (TPSA) is 78.4 Å². The van der Waals surface area contributed by atoms with E-state index in [0.29, 0.717) is 12.5 Å². The van der Waals surface area contributed by atoms with Crippen LogP contribution in [0.4, 0.5) is 4.79 Å². The van der Waals surface area contributed by atoms with Gasteiger partial charge in [-0.15, -0.1) is 0 Å². The minimum Gasteiger partial charge on any atom is -0.480 e. The zero-order valence-corrected chi connectivity index (χ0v) is 11.9. The van der Waals surface area contributed by atoms with E-state index in [1.807, 2.05) is 0 Å². The second kappa shape index (κ2) is 6.59. The normalized spacial score (nSPS) is 20.7. The molecule has 108 valence electrons. The summed E-state index contributed by atoms with van der Waals surface area (Å²) in [6.45, 7) is 5.96. The maximum absolute atomic E-state index is 11.7. The second-order valence-corrected chi connectivity index (χ2v) is 6.14. The summed E-state index contributed by atoms with van der Waals surface area (Å²) < 4.78 is 0. The molecule has 0 aromatic carbocycles. The Morgan fingerprint density at radius 2 is 2.05 bits per heavy atom. The van der Waals surface area contributed by atoms with Gasteiger partial charge in [-0.3, -0.25) is 0 Å². The van der Waals surface area contributed by atoms with Gasteiger partial charge < -0.3 is 15.7 Å². The van der Waals surface area contributed by atoms with Gasteiger partial charge in [-0.05, 0) is 30.6 Å². The van der Waals surface area contributed by atoms with Crippen LogP contribution >= 0.6 is 0 Å². The lowest BCUT2D eigenvalue weighted by atomic mass is 9.87. The summed E-state index contributed by atoms with van der Waals surface area (Å²) in [6.07, 6.45) is 7.37. The molecule has 2 atom stereocenters. The van der Waals surface area contributed by atoms with E-state index >= 15 is 0 Å². The standard InChI is InChI=1S/C14H24N2O3/c1-14(2,3)11(12(17)18)16-13(19)15-9-10-7-5-4-6-8-10/h4-5,10-11H,6-9H2,1-3H3,(H,17,18)(H2,15,16,19). The van der Waals surface area contributed by atoms with E-state index in [4.69, 9.17) is 5.11 Å². The zero-order valence-electron chi connectivity index (χ0n) is 11.9. The molecule has 0 fully saturated rings. The number of nitrogens with one attached hydrogen (secondary N) is 2. The van der Waals surface area contributed by atoms with Crippen molar-refractivity contribution in [2.75, 3.05) is 6.54 Å². The summed E-state index contributed by atoms with van der Waals surface area (Å²) in [5.74, 6) is -0.558. The van der Waals surface area contributed by atoms with Crippen LogP contribution in [0.15, 0.2) is 12.2 Å². The summed E-state index contributed by atoms with van der Waals surface area (Å²) in [4.78, 5) is 22.9. The first-order chi connectivity index (χ1) is 8.80. The first-order valence-electron chi connectivity index (χ1n) is 6.73. The predicted molar refractivity (Wildman–Crippen MR) is 73.9 cm³/mol. The number of urea groups is 1. The lowest BCUT2D eigenvalue weighted by Crippen LogP contribution is -2.52. The smallest absolute Gasteiger partial charge is 0.326 e. The van der Waals surface area contributed by atoms with Crippen LogP contribution in [0.3, 0.4) is 0 Å². The number of aliphatic carboxylic acids is 1. The monoisotopic (exact) mass is 268 g/mol. The Morgan fingerprint density at radius 3 is 2.53 bits per heavy atom. The van der Waals surface area contributed by atoms with Crippen molar-refractivity contribution in [3.05, 3.63) is 12.2 Å². The summed E-state index contributed by atoms with van der Waals surface area (Å²) in [6, 6.07) is -1.30. The molecule has 1 aliphatic carbocycles. The third-order valence-electron chi connectivity index (χ3n) is 3.32. The molecular formula is C14H24N2O3. The summed E-state index contributed by atoms with van der Waals surface area (Å²) in [7, 11) is 0. The van der Waals surface area contributed by atoms with Crippen molar-refractivity contribution in [1.82, 2.24) is 10.6 Å². The van der Waals surface area contributed by atoms with Crippen molar-refractivity contribution >= 4 is 12.0 Å². The van der Waals surface area contributed by atoms with Crippen LogP contribution in [-0.4, -0.2) is 29.7 Å². The van der Waals surface area contributed by atoms with Crippen molar-refractivity contribution < 1.29 is 14.7 Å². The van der Waals surface area contributed by atoms with E-state index in [1.165, 1.54) is 0 Å². The lowest BCUT2D eigenvalue weighted by Gasteiger charge is -2.28. The van der Waals surface area contributed by atoms with Gasteiger partial charge in [0.25, 0.3) is 0 Å². The van der Waals surface area contributed by atoms with Gasteiger partial charge in [0.1, 0.15) is 6.04 Å². The van der Waals surface area contributed by atoms with E-state index in [2.05, 4.69) is 22.8 Å². The van der Waals surface area contributed by atoms with Gasteiger partial charge in [-0.25, -0.2) is 9.59 Å². The number of hydrogen-bond donors (Lipinski definition) is 3. The molecule has 0 saturated heterocycles. The van der Waals surface area contributed by atoms with Gasteiger partial charge >= 0.3 is 12.0 Å². The van der Waals surface area contributed by atoms with Gasteiger partial charge in [0.2, 0.25) is 0 Å². The van der Waals surface area contributed by atoms with Crippen LogP contribution in [0.5, 0.6) is 0 Å². The number of carboxylic acids is 1. The van der Waals surface area contributed by atoms with Crippen LogP contribution < -0.4 is 10.6 Å². The Kier molecular flexibility index (Phi) is 5.39. The first-order valence-corrected chi connectivity index (χ1v) is 6.73. The fraction of sp³-hybridized carbons (Fsp3) is 0.714. The number of rotatable bonds is 4. The summed E-state index contributed by atoms with van der Waals surface area (Å²) in [5, 5.41) is 14.4. The maximum atomic E-state index is 11.7. The van der Waals surface area contributed by atoms with E-state index in [-0.39, 0.29) is 0 Å². The largest absolute Gasteiger partial charge is 0.480 e. The van der Waals surface area contributed by atoms with Gasteiger partial charge in [0.15, 0.2) is 0 Å². The number of carboxylic acid groups (broad SMARTS) is 1. The van der Waals surface area contributed by atoms with Crippen LogP contribution in [0.25, 0.3) is 0 Å². The molecule has 0 spiro atoms. The highest BCUT2D eigenvalue weighted by Crippen LogP contribution is 2.19.